The number of likely N-dealkylation sites (N-methyl/N-ethyl adjacent to an activating group) is 1. The van der Waals surface area contributed by atoms with E-state index in [4.69, 9.17) is 18.9 Å². The Bertz CT molecular complexity index is 2370. The monoisotopic (exact) mass is 1310 g/mol. The predicted octanol–water partition coefficient (Wildman–Crippen LogP) is 22.4. The number of hydrogen-bond donors (Lipinski definition) is 0. The number of carbonyl (C=O) groups is 3. The second-order valence-corrected chi connectivity index (χ2v) is 24.8. The first-order valence-electron chi connectivity index (χ1n) is 36.9. The van der Waals surface area contributed by atoms with Crippen LogP contribution >= 0.6 is 0 Å². The lowest BCUT2D eigenvalue weighted by Gasteiger charge is -2.26. The van der Waals surface area contributed by atoms with Crippen molar-refractivity contribution < 1.29 is 42.9 Å². The number of aliphatic carboxylic acids is 1. The van der Waals surface area contributed by atoms with Crippen LogP contribution in [0.15, 0.2) is 219 Å². The number of rotatable bonds is 65. The molecule has 0 saturated carbocycles. The third kappa shape index (κ3) is 74.9. The standard InChI is InChI=1S/C86H133NO8/c1-6-8-10-12-14-16-18-20-22-24-26-28-30-32-34-36-38-40-41-42-43-45-47-49-51-53-55-57-59-61-63-65-67-69-71-73-75-77-84(89)95-82(81-94-86(85(90)91)92-79-78-87(3,4)5)80-93-83(88)76-74-72-70-68-66-64-62-60-58-56-54-52-50-48-46-44-39-37-35-33-31-29-27-25-23-21-19-17-15-13-11-9-7-2/h8-11,14-17,20-23,26-29,32-35,38-40,42-44,47-50,53-56,60,62,82,86H,6-7,12-13,18-19,24-25,30-31,36-37,41,45-46,51-52,57-59,61,63-81H2,1-5H3/b10-8-,11-9-,16-14-,17-15-,22-20-,23-21-,28-26-,29-27-,34-32-,35-33-,40-38-,43-42-,44-39-,49-47-,50-48-,55-53-,56-54-,62-60-. The minimum absolute atomic E-state index is 0.131. The maximum atomic E-state index is 13.0. The fourth-order valence-corrected chi connectivity index (χ4v) is 9.17. The molecule has 2 unspecified atom stereocenters. The summed E-state index contributed by atoms with van der Waals surface area (Å²) in [7, 11) is 5.91. The van der Waals surface area contributed by atoms with Crippen molar-refractivity contribution in [3.05, 3.63) is 219 Å². The fraction of sp³-hybridized carbons (Fsp3) is 0.547. The molecule has 9 nitrogen and oxygen atoms in total. The molecule has 95 heavy (non-hydrogen) atoms. The number of allylic oxidation sites excluding steroid dienone is 36. The van der Waals surface area contributed by atoms with Crippen molar-refractivity contribution >= 4 is 17.9 Å². The van der Waals surface area contributed by atoms with Gasteiger partial charge in [0.05, 0.1) is 40.3 Å². The van der Waals surface area contributed by atoms with Crippen molar-refractivity contribution in [2.75, 3.05) is 47.5 Å². The third-order valence-electron chi connectivity index (χ3n) is 14.7. The second kappa shape index (κ2) is 73.4. The van der Waals surface area contributed by atoms with Gasteiger partial charge in [0.1, 0.15) is 13.2 Å². The first-order chi connectivity index (χ1) is 46.6. The number of carboxylic acid groups (broad SMARTS) is 1. The van der Waals surface area contributed by atoms with E-state index in [0.29, 0.717) is 23.9 Å². The van der Waals surface area contributed by atoms with Gasteiger partial charge in [0.25, 0.3) is 0 Å². The van der Waals surface area contributed by atoms with Crippen molar-refractivity contribution in [2.45, 2.75) is 257 Å². The van der Waals surface area contributed by atoms with E-state index in [0.717, 1.165) is 173 Å². The fourth-order valence-electron chi connectivity index (χ4n) is 9.17. The lowest BCUT2D eigenvalue weighted by atomic mass is 10.1. The Balaban J connectivity index is 4.25. The molecule has 2 atom stereocenters. The molecule has 0 N–H and O–H groups in total. The lowest BCUT2D eigenvalue weighted by molar-refractivity contribution is -0.870. The summed E-state index contributed by atoms with van der Waals surface area (Å²) in [5.41, 5.74) is 0. The highest BCUT2D eigenvalue weighted by atomic mass is 16.7. The van der Waals surface area contributed by atoms with Crippen LogP contribution in [0, 0.1) is 0 Å². The van der Waals surface area contributed by atoms with Gasteiger partial charge < -0.3 is 33.3 Å². The van der Waals surface area contributed by atoms with Crippen molar-refractivity contribution in [2.24, 2.45) is 0 Å². The van der Waals surface area contributed by atoms with Gasteiger partial charge in [0, 0.05) is 12.8 Å². The molecular weight excluding hydrogens is 1170 g/mol. The number of quaternary nitrogens is 1. The zero-order chi connectivity index (χ0) is 69.0. The maximum Gasteiger partial charge on any atom is 0.306 e. The molecule has 0 spiro atoms. The van der Waals surface area contributed by atoms with Gasteiger partial charge in [-0.25, -0.2) is 0 Å². The van der Waals surface area contributed by atoms with Crippen molar-refractivity contribution in [1.82, 2.24) is 0 Å². The molecule has 0 heterocycles. The predicted molar refractivity (Wildman–Crippen MR) is 407 cm³/mol. The summed E-state index contributed by atoms with van der Waals surface area (Å²) in [4.78, 5) is 37.5. The highest BCUT2D eigenvalue weighted by Crippen LogP contribution is 2.15. The second-order valence-electron chi connectivity index (χ2n) is 24.8. The normalized spacial score (nSPS) is 14.0. The topological polar surface area (TPSA) is 111 Å². The smallest absolute Gasteiger partial charge is 0.306 e. The van der Waals surface area contributed by atoms with Crippen molar-refractivity contribution in [3.8, 4) is 0 Å². The average molecular weight is 1310 g/mol. The number of carbonyl (C=O) groups excluding carboxylic acids is 3. The van der Waals surface area contributed by atoms with Crippen molar-refractivity contribution in [3.63, 3.8) is 0 Å². The average Bonchev–Trinajstić information content (AvgIpc) is 3.75. The zero-order valence-corrected chi connectivity index (χ0v) is 60.4. The van der Waals surface area contributed by atoms with Gasteiger partial charge in [-0.3, -0.25) is 9.59 Å². The lowest BCUT2D eigenvalue weighted by Crippen LogP contribution is -2.44. The van der Waals surface area contributed by atoms with E-state index in [1.165, 1.54) is 32.1 Å². The molecule has 0 rings (SSSR count). The molecule has 0 aliphatic heterocycles. The molecule has 0 amide bonds. The zero-order valence-electron chi connectivity index (χ0n) is 60.4. The van der Waals surface area contributed by atoms with E-state index in [9.17, 15) is 19.5 Å². The minimum atomic E-state index is -1.64. The number of esters is 2. The summed E-state index contributed by atoms with van der Waals surface area (Å²) >= 11 is 0. The summed E-state index contributed by atoms with van der Waals surface area (Å²) in [6.45, 7) is 4.46. The third-order valence-corrected chi connectivity index (χ3v) is 14.7. The van der Waals surface area contributed by atoms with Crippen LogP contribution in [0.5, 0.6) is 0 Å². The van der Waals surface area contributed by atoms with E-state index in [2.05, 4.69) is 233 Å². The van der Waals surface area contributed by atoms with Gasteiger partial charge in [-0.15, -0.1) is 0 Å². The Morgan fingerprint density at radius 3 is 0.842 bits per heavy atom. The van der Waals surface area contributed by atoms with E-state index in [1.54, 1.807) is 0 Å². The van der Waals surface area contributed by atoms with Gasteiger partial charge >= 0.3 is 11.9 Å². The highest BCUT2D eigenvalue weighted by Gasteiger charge is 2.22. The summed E-state index contributed by atoms with van der Waals surface area (Å²) < 4.78 is 22.8. The maximum absolute atomic E-state index is 13.0. The van der Waals surface area contributed by atoms with Crippen LogP contribution in [0.3, 0.4) is 0 Å². The van der Waals surface area contributed by atoms with Crippen LogP contribution in [0.1, 0.15) is 245 Å². The molecule has 0 aromatic heterocycles. The molecule has 530 valence electrons. The number of ether oxygens (including phenoxy) is 4. The largest absolute Gasteiger partial charge is 0.545 e. The number of unbranched alkanes of at least 4 members (excludes halogenated alkanes) is 14. The summed E-state index contributed by atoms with van der Waals surface area (Å²) in [6.07, 6.45) is 113. The molecule has 0 saturated heterocycles. The summed E-state index contributed by atoms with van der Waals surface area (Å²) in [6, 6.07) is 0. The molecule has 0 aromatic rings. The van der Waals surface area contributed by atoms with E-state index in [-0.39, 0.29) is 38.6 Å². The molecular formula is C86H133NO8. The Morgan fingerprint density at radius 1 is 0.316 bits per heavy atom. The van der Waals surface area contributed by atoms with Crippen LogP contribution in [-0.2, 0) is 33.3 Å². The molecule has 0 aliphatic rings. The van der Waals surface area contributed by atoms with E-state index in [1.807, 2.05) is 21.1 Å². The Labute approximate surface area is 581 Å². The van der Waals surface area contributed by atoms with Crippen LogP contribution < -0.4 is 5.11 Å². The molecule has 0 bridgehead atoms. The SMILES string of the molecule is CC/C=C\C/C=C\C/C=C\C/C=C\C/C=C\C/C=C\C/C=C\C/C=C\C/C=C\CCCCCCCCCCCC(=O)OC(COC(=O)CCCCCCC/C=C\C/C=C\C/C=C\C/C=C\C/C=C\C/C=C\C/C=C\C/C=C\C/C=C\CC)COC(OCC[N+](C)(C)C)C(=O)[O-]. The molecule has 9 heteroatoms. The quantitative estimate of drug-likeness (QED) is 0.0195. The first-order valence-corrected chi connectivity index (χ1v) is 36.9. The number of carboxylic acids is 1. The van der Waals surface area contributed by atoms with Gasteiger partial charge in [-0.2, -0.15) is 0 Å². The summed E-state index contributed by atoms with van der Waals surface area (Å²) in [5.74, 6) is -2.34. The van der Waals surface area contributed by atoms with Gasteiger partial charge in [0.2, 0.25) is 0 Å². The Hall–Kier alpha value is -6.39. The van der Waals surface area contributed by atoms with Crippen LogP contribution in [0.2, 0.25) is 0 Å². The van der Waals surface area contributed by atoms with Crippen molar-refractivity contribution in [1.29, 1.82) is 0 Å². The Morgan fingerprint density at radius 2 is 0.568 bits per heavy atom. The molecule has 0 aliphatic carbocycles. The molecule has 0 aromatic carbocycles. The Kier molecular flexibility index (Phi) is 68.5. The first kappa shape index (κ1) is 88.6. The van der Waals surface area contributed by atoms with Crippen LogP contribution in [-0.4, -0.2) is 82.3 Å². The minimum Gasteiger partial charge on any atom is -0.545 e. The van der Waals surface area contributed by atoms with Crippen LogP contribution in [0.4, 0.5) is 0 Å². The van der Waals surface area contributed by atoms with E-state index >= 15 is 0 Å². The number of nitrogens with zero attached hydrogens (tertiary/aromatic N) is 1. The molecule has 0 fully saturated rings. The van der Waals surface area contributed by atoms with E-state index < -0.39 is 24.3 Å². The number of hydrogen-bond acceptors (Lipinski definition) is 8. The van der Waals surface area contributed by atoms with Gasteiger partial charge in [0.15, 0.2) is 12.4 Å². The summed E-state index contributed by atoms with van der Waals surface area (Å²) in [5, 5.41) is 11.8. The van der Waals surface area contributed by atoms with Gasteiger partial charge in [-0.1, -0.05) is 297 Å². The van der Waals surface area contributed by atoms with Gasteiger partial charge in [-0.05, 0) is 154 Å². The van der Waals surface area contributed by atoms with Crippen LogP contribution in [0.25, 0.3) is 0 Å². The highest BCUT2D eigenvalue weighted by molar-refractivity contribution is 5.70. The molecule has 0 radical (unpaired) electrons.